The van der Waals surface area contributed by atoms with Crippen molar-refractivity contribution < 1.29 is 17.6 Å². The van der Waals surface area contributed by atoms with Crippen molar-refractivity contribution in [2.75, 3.05) is 17.2 Å². The number of carbonyl (C=O) groups excluding carboxylic acids is 1. The van der Waals surface area contributed by atoms with Gasteiger partial charge in [0.05, 0.1) is 5.75 Å². The minimum atomic E-state index is -3.65. The number of aromatic nitrogens is 2. The molecule has 116 valence electrons. The number of anilines is 1. The third-order valence-corrected chi connectivity index (χ3v) is 4.55. The van der Waals surface area contributed by atoms with Crippen LogP contribution < -0.4 is 4.90 Å². The maximum atomic E-state index is 12.0. The molecule has 1 saturated heterocycles. The normalized spacial score (nSPS) is 18.9. The highest BCUT2D eigenvalue weighted by Gasteiger charge is 2.35. The van der Waals surface area contributed by atoms with Crippen molar-refractivity contribution in [1.82, 2.24) is 10.2 Å². The molecular formula is C13H12ClN3O4S. The van der Waals surface area contributed by atoms with Crippen LogP contribution in [0.15, 0.2) is 34.7 Å². The van der Waals surface area contributed by atoms with Crippen molar-refractivity contribution in [1.29, 1.82) is 0 Å². The summed E-state index contributed by atoms with van der Waals surface area (Å²) in [6.07, 6.45) is 0.0923. The molecule has 1 aromatic carbocycles. The van der Waals surface area contributed by atoms with Crippen molar-refractivity contribution in [2.45, 2.75) is 6.42 Å². The number of amides is 1. The van der Waals surface area contributed by atoms with Gasteiger partial charge in [0.1, 0.15) is 0 Å². The Morgan fingerprint density at radius 3 is 2.68 bits per heavy atom. The van der Waals surface area contributed by atoms with E-state index in [0.29, 0.717) is 5.89 Å². The van der Waals surface area contributed by atoms with Gasteiger partial charge in [0.15, 0.2) is 0 Å². The van der Waals surface area contributed by atoms with Crippen molar-refractivity contribution in [2.24, 2.45) is 5.92 Å². The highest BCUT2D eigenvalue weighted by Crippen LogP contribution is 2.28. The number of hydrogen-bond donors (Lipinski definition) is 0. The minimum Gasteiger partial charge on any atom is -0.403 e. The van der Waals surface area contributed by atoms with Gasteiger partial charge >= 0.3 is 6.01 Å². The van der Waals surface area contributed by atoms with Crippen molar-refractivity contribution in [3.8, 4) is 11.5 Å². The van der Waals surface area contributed by atoms with E-state index < -0.39 is 9.05 Å². The van der Waals surface area contributed by atoms with Crippen LogP contribution in [0, 0.1) is 5.92 Å². The van der Waals surface area contributed by atoms with Crippen LogP contribution in [-0.4, -0.2) is 36.8 Å². The molecule has 0 spiro atoms. The Morgan fingerprint density at radius 2 is 2.00 bits per heavy atom. The smallest absolute Gasteiger partial charge is 0.325 e. The predicted molar refractivity (Wildman–Crippen MR) is 79.8 cm³/mol. The summed E-state index contributed by atoms with van der Waals surface area (Å²) in [7, 11) is 1.58. The van der Waals surface area contributed by atoms with E-state index in [0.717, 1.165) is 5.56 Å². The highest BCUT2D eigenvalue weighted by atomic mass is 35.7. The lowest BCUT2D eigenvalue weighted by Crippen LogP contribution is -2.25. The van der Waals surface area contributed by atoms with E-state index >= 15 is 0 Å². The number of halogens is 1. The van der Waals surface area contributed by atoms with Crippen LogP contribution in [0.4, 0.5) is 6.01 Å². The molecule has 7 nitrogen and oxygen atoms in total. The maximum absolute atomic E-state index is 12.0. The fourth-order valence-electron chi connectivity index (χ4n) is 2.38. The van der Waals surface area contributed by atoms with Gasteiger partial charge in [-0.25, -0.2) is 8.42 Å². The lowest BCUT2D eigenvalue weighted by atomic mass is 10.1. The highest BCUT2D eigenvalue weighted by molar-refractivity contribution is 8.13. The molecule has 1 aromatic heterocycles. The number of carbonyl (C=O) groups is 1. The Morgan fingerprint density at radius 1 is 1.27 bits per heavy atom. The molecule has 1 atom stereocenters. The molecule has 9 heteroatoms. The van der Waals surface area contributed by atoms with Crippen LogP contribution in [0.25, 0.3) is 11.5 Å². The Balaban J connectivity index is 1.78. The van der Waals surface area contributed by atoms with Gasteiger partial charge in [-0.05, 0) is 12.1 Å². The summed E-state index contributed by atoms with van der Waals surface area (Å²) in [6, 6.07) is 9.22. The summed E-state index contributed by atoms with van der Waals surface area (Å²) in [6.45, 7) is 0.196. The van der Waals surface area contributed by atoms with Gasteiger partial charge in [0.25, 0.3) is 0 Å². The van der Waals surface area contributed by atoms with E-state index in [4.69, 9.17) is 15.1 Å². The molecule has 0 saturated carbocycles. The first kappa shape index (κ1) is 15.0. The number of rotatable bonds is 4. The molecule has 1 fully saturated rings. The second-order valence-corrected chi connectivity index (χ2v) is 7.86. The Hall–Kier alpha value is -1.93. The number of nitrogens with zero attached hydrogens (tertiary/aromatic N) is 3. The summed E-state index contributed by atoms with van der Waals surface area (Å²) in [5, 5.41) is 7.77. The average molecular weight is 342 g/mol. The standard InChI is InChI=1S/C13H12ClN3O4S/c14-22(19,20)8-9-6-11(18)17(7-9)13-16-15-12(21-13)10-4-2-1-3-5-10/h1-5,9H,6-8H2. The van der Waals surface area contributed by atoms with Crippen LogP contribution in [-0.2, 0) is 13.8 Å². The molecule has 0 N–H and O–H groups in total. The molecule has 2 aromatic rings. The van der Waals surface area contributed by atoms with Gasteiger partial charge in [0, 0.05) is 35.1 Å². The van der Waals surface area contributed by atoms with E-state index in [1.54, 1.807) is 0 Å². The SMILES string of the molecule is O=C1CC(CS(=O)(=O)Cl)CN1c1nnc(-c2ccccc2)o1. The zero-order valence-electron chi connectivity index (χ0n) is 11.3. The molecule has 0 radical (unpaired) electrons. The van der Waals surface area contributed by atoms with Gasteiger partial charge in [-0.3, -0.25) is 9.69 Å². The molecule has 3 rings (SSSR count). The van der Waals surface area contributed by atoms with E-state index in [-0.39, 0.29) is 36.6 Å². The van der Waals surface area contributed by atoms with E-state index in [9.17, 15) is 13.2 Å². The Bertz CT molecular complexity index is 791. The van der Waals surface area contributed by atoms with Gasteiger partial charge in [-0.1, -0.05) is 23.3 Å². The molecule has 0 bridgehead atoms. The quantitative estimate of drug-likeness (QED) is 0.785. The summed E-state index contributed by atoms with van der Waals surface area (Å²) in [5.74, 6) is -0.580. The third kappa shape index (κ3) is 3.28. The monoisotopic (exact) mass is 341 g/mol. The molecule has 1 amide bonds. The lowest BCUT2D eigenvalue weighted by Gasteiger charge is -2.10. The molecular weight excluding hydrogens is 330 g/mol. The molecule has 1 unspecified atom stereocenters. The fraction of sp³-hybridized carbons (Fsp3) is 0.308. The molecule has 2 heterocycles. The number of hydrogen-bond acceptors (Lipinski definition) is 6. The van der Waals surface area contributed by atoms with Crippen LogP contribution in [0.1, 0.15) is 6.42 Å². The first-order chi connectivity index (χ1) is 10.4. The second kappa shape index (κ2) is 5.69. The lowest BCUT2D eigenvalue weighted by molar-refractivity contribution is -0.117. The Kier molecular flexibility index (Phi) is 3.88. The van der Waals surface area contributed by atoms with Gasteiger partial charge < -0.3 is 4.42 Å². The summed E-state index contributed by atoms with van der Waals surface area (Å²) < 4.78 is 27.7. The number of benzene rings is 1. The largest absolute Gasteiger partial charge is 0.403 e. The second-order valence-electron chi connectivity index (χ2n) is 5.04. The van der Waals surface area contributed by atoms with Gasteiger partial charge in [-0.15, -0.1) is 5.10 Å². The van der Waals surface area contributed by atoms with Crippen LogP contribution >= 0.6 is 10.7 Å². The van der Waals surface area contributed by atoms with Crippen LogP contribution in [0.5, 0.6) is 0 Å². The van der Waals surface area contributed by atoms with Crippen LogP contribution in [0.3, 0.4) is 0 Å². The molecule has 1 aliphatic heterocycles. The summed E-state index contributed by atoms with van der Waals surface area (Å²) in [4.78, 5) is 13.3. The Labute approximate surface area is 131 Å². The third-order valence-electron chi connectivity index (χ3n) is 3.31. The zero-order valence-corrected chi connectivity index (χ0v) is 12.9. The maximum Gasteiger partial charge on any atom is 0.325 e. The van der Waals surface area contributed by atoms with E-state index in [1.807, 2.05) is 30.3 Å². The average Bonchev–Trinajstić information content (AvgIpc) is 3.05. The van der Waals surface area contributed by atoms with Gasteiger partial charge in [0.2, 0.25) is 20.8 Å². The first-order valence-corrected chi connectivity index (χ1v) is 9.02. The van der Waals surface area contributed by atoms with E-state index in [2.05, 4.69) is 10.2 Å². The van der Waals surface area contributed by atoms with Crippen molar-refractivity contribution >= 4 is 31.7 Å². The van der Waals surface area contributed by atoms with E-state index in [1.165, 1.54) is 4.90 Å². The van der Waals surface area contributed by atoms with Gasteiger partial charge in [-0.2, -0.15) is 0 Å². The zero-order chi connectivity index (χ0) is 15.7. The summed E-state index contributed by atoms with van der Waals surface area (Å²) in [5.41, 5.74) is 0.743. The topological polar surface area (TPSA) is 93.4 Å². The van der Waals surface area contributed by atoms with Crippen molar-refractivity contribution in [3.63, 3.8) is 0 Å². The fourth-order valence-corrected chi connectivity index (χ4v) is 3.70. The molecule has 0 aliphatic carbocycles. The van der Waals surface area contributed by atoms with Crippen LogP contribution in [0.2, 0.25) is 0 Å². The molecule has 1 aliphatic rings. The van der Waals surface area contributed by atoms with Crippen molar-refractivity contribution in [3.05, 3.63) is 30.3 Å². The minimum absolute atomic E-state index is 0.0679. The first-order valence-electron chi connectivity index (χ1n) is 6.54. The summed E-state index contributed by atoms with van der Waals surface area (Å²) >= 11 is 0. The molecule has 22 heavy (non-hydrogen) atoms. The predicted octanol–water partition coefficient (Wildman–Crippen LogP) is 1.66.